The number of aryl methyl sites for hydroxylation is 1. The fourth-order valence-electron chi connectivity index (χ4n) is 3.46. The summed E-state index contributed by atoms with van der Waals surface area (Å²) in [6.07, 6.45) is 1.47. The average Bonchev–Trinajstić information content (AvgIpc) is 3.18. The van der Waals surface area contributed by atoms with Crippen LogP contribution in [-0.4, -0.2) is 41.8 Å². The van der Waals surface area contributed by atoms with Gasteiger partial charge >= 0.3 is 0 Å². The monoisotopic (exact) mass is 379 g/mol. The van der Waals surface area contributed by atoms with Gasteiger partial charge in [-0.2, -0.15) is 0 Å². The van der Waals surface area contributed by atoms with Gasteiger partial charge in [0.1, 0.15) is 6.04 Å². The second kappa shape index (κ2) is 8.69. The van der Waals surface area contributed by atoms with Crippen LogP contribution >= 0.6 is 0 Å². The van der Waals surface area contributed by atoms with Gasteiger partial charge in [0.25, 0.3) is 11.8 Å². The van der Waals surface area contributed by atoms with Crippen LogP contribution in [0.2, 0.25) is 0 Å². The number of carbonyl (C=O) groups excluding carboxylic acids is 3. The van der Waals surface area contributed by atoms with Crippen LogP contribution in [0.4, 0.5) is 5.69 Å². The summed E-state index contributed by atoms with van der Waals surface area (Å²) in [5, 5.41) is 5.63. The molecule has 0 aromatic heterocycles. The second-order valence-electron chi connectivity index (χ2n) is 6.96. The third-order valence-corrected chi connectivity index (χ3v) is 4.81. The number of anilines is 1. The first kappa shape index (κ1) is 19.6. The summed E-state index contributed by atoms with van der Waals surface area (Å²) in [6, 6.07) is 13.7. The van der Waals surface area contributed by atoms with Crippen LogP contribution in [-0.2, 0) is 4.79 Å². The number of rotatable bonds is 5. The summed E-state index contributed by atoms with van der Waals surface area (Å²) in [6.45, 7) is 4.88. The van der Waals surface area contributed by atoms with Gasteiger partial charge in [-0.1, -0.05) is 23.8 Å². The molecule has 1 heterocycles. The van der Waals surface area contributed by atoms with Gasteiger partial charge in [-0.3, -0.25) is 14.4 Å². The van der Waals surface area contributed by atoms with Gasteiger partial charge in [0, 0.05) is 29.9 Å². The molecule has 1 aliphatic rings. The Kier molecular flexibility index (Phi) is 6.09. The number of hydrogen-bond acceptors (Lipinski definition) is 3. The average molecular weight is 379 g/mol. The van der Waals surface area contributed by atoms with E-state index in [0.29, 0.717) is 36.3 Å². The molecule has 0 bridgehead atoms. The molecule has 2 N–H and O–H groups in total. The van der Waals surface area contributed by atoms with Crippen molar-refractivity contribution in [3.05, 3.63) is 65.2 Å². The molecular formula is C22H25N3O3. The molecule has 3 rings (SSSR count). The number of carbonyl (C=O) groups is 3. The molecule has 3 amide bonds. The van der Waals surface area contributed by atoms with Crippen molar-refractivity contribution in [2.24, 2.45) is 0 Å². The summed E-state index contributed by atoms with van der Waals surface area (Å²) in [5.74, 6) is -0.535. The van der Waals surface area contributed by atoms with Gasteiger partial charge in [-0.15, -0.1) is 0 Å². The maximum Gasteiger partial charge on any atom is 0.255 e. The number of likely N-dealkylation sites (tertiary alicyclic amines) is 1. The first-order valence-electron chi connectivity index (χ1n) is 9.56. The van der Waals surface area contributed by atoms with Gasteiger partial charge in [-0.25, -0.2) is 0 Å². The first-order chi connectivity index (χ1) is 13.5. The molecule has 6 heteroatoms. The SMILES string of the molecule is CCNC(=O)[C@@H]1CCCN1C(=O)c1cccc(NC(=O)c2cccc(C)c2)c1. The lowest BCUT2D eigenvalue weighted by molar-refractivity contribution is -0.124. The maximum atomic E-state index is 13.0. The van der Waals surface area contributed by atoms with E-state index in [4.69, 9.17) is 0 Å². The van der Waals surface area contributed by atoms with Crippen LogP contribution in [0, 0.1) is 6.92 Å². The minimum Gasteiger partial charge on any atom is -0.355 e. The molecule has 0 saturated carbocycles. The lowest BCUT2D eigenvalue weighted by Gasteiger charge is -2.24. The normalized spacial score (nSPS) is 15.9. The van der Waals surface area contributed by atoms with Gasteiger partial charge < -0.3 is 15.5 Å². The Labute approximate surface area is 164 Å². The molecule has 0 unspecified atom stereocenters. The highest BCUT2D eigenvalue weighted by atomic mass is 16.2. The number of nitrogens with one attached hydrogen (secondary N) is 2. The number of benzene rings is 2. The Hall–Kier alpha value is -3.15. The van der Waals surface area contributed by atoms with E-state index >= 15 is 0 Å². The molecular weight excluding hydrogens is 354 g/mol. The molecule has 1 saturated heterocycles. The van der Waals surface area contributed by atoms with E-state index in [9.17, 15) is 14.4 Å². The molecule has 2 aromatic rings. The Bertz CT molecular complexity index is 894. The highest BCUT2D eigenvalue weighted by Crippen LogP contribution is 2.22. The first-order valence-corrected chi connectivity index (χ1v) is 9.56. The number of amides is 3. The molecule has 28 heavy (non-hydrogen) atoms. The highest BCUT2D eigenvalue weighted by molar-refractivity contribution is 6.05. The molecule has 0 spiro atoms. The van der Waals surface area contributed by atoms with Crippen LogP contribution in [0.15, 0.2) is 48.5 Å². The van der Waals surface area contributed by atoms with Crippen molar-refractivity contribution < 1.29 is 14.4 Å². The largest absolute Gasteiger partial charge is 0.355 e. The van der Waals surface area contributed by atoms with Gasteiger partial charge in [-0.05, 0) is 57.0 Å². The van der Waals surface area contributed by atoms with Crippen molar-refractivity contribution in [2.45, 2.75) is 32.7 Å². The van der Waals surface area contributed by atoms with E-state index in [1.54, 1.807) is 35.2 Å². The Morgan fingerprint density at radius 1 is 1.07 bits per heavy atom. The van der Waals surface area contributed by atoms with E-state index < -0.39 is 6.04 Å². The zero-order chi connectivity index (χ0) is 20.1. The van der Waals surface area contributed by atoms with Crippen molar-refractivity contribution in [2.75, 3.05) is 18.4 Å². The number of hydrogen-bond donors (Lipinski definition) is 2. The predicted octanol–water partition coefficient (Wildman–Crippen LogP) is 2.99. The third-order valence-electron chi connectivity index (χ3n) is 4.81. The second-order valence-corrected chi connectivity index (χ2v) is 6.96. The van der Waals surface area contributed by atoms with Gasteiger partial charge in [0.2, 0.25) is 5.91 Å². The smallest absolute Gasteiger partial charge is 0.255 e. The maximum absolute atomic E-state index is 13.0. The van der Waals surface area contributed by atoms with Gasteiger partial charge in [0.15, 0.2) is 0 Å². The van der Waals surface area contributed by atoms with Crippen molar-refractivity contribution in [3.63, 3.8) is 0 Å². The quantitative estimate of drug-likeness (QED) is 0.838. The minimum absolute atomic E-state index is 0.114. The molecule has 1 aliphatic heterocycles. The molecule has 0 radical (unpaired) electrons. The van der Waals surface area contributed by atoms with E-state index in [-0.39, 0.29) is 17.7 Å². The van der Waals surface area contributed by atoms with E-state index in [1.165, 1.54) is 0 Å². The van der Waals surface area contributed by atoms with E-state index in [1.807, 2.05) is 32.0 Å². The predicted molar refractivity (Wildman–Crippen MR) is 108 cm³/mol. The third kappa shape index (κ3) is 4.39. The highest BCUT2D eigenvalue weighted by Gasteiger charge is 2.34. The summed E-state index contributed by atoms with van der Waals surface area (Å²) < 4.78 is 0. The summed E-state index contributed by atoms with van der Waals surface area (Å²) in [5.41, 5.74) is 2.57. The lowest BCUT2D eigenvalue weighted by Crippen LogP contribution is -2.45. The van der Waals surface area contributed by atoms with Crippen LogP contribution < -0.4 is 10.6 Å². The van der Waals surface area contributed by atoms with Crippen molar-refractivity contribution in [1.82, 2.24) is 10.2 Å². The van der Waals surface area contributed by atoms with E-state index in [2.05, 4.69) is 10.6 Å². The summed E-state index contributed by atoms with van der Waals surface area (Å²) in [7, 11) is 0. The summed E-state index contributed by atoms with van der Waals surface area (Å²) in [4.78, 5) is 39.3. The number of nitrogens with zero attached hydrogens (tertiary/aromatic N) is 1. The molecule has 6 nitrogen and oxygen atoms in total. The van der Waals surface area contributed by atoms with Crippen molar-refractivity contribution >= 4 is 23.4 Å². The van der Waals surface area contributed by atoms with Crippen molar-refractivity contribution in [1.29, 1.82) is 0 Å². The van der Waals surface area contributed by atoms with Crippen molar-refractivity contribution in [3.8, 4) is 0 Å². The van der Waals surface area contributed by atoms with Crippen LogP contribution in [0.3, 0.4) is 0 Å². The Morgan fingerprint density at radius 2 is 1.82 bits per heavy atom. The minimum atomic E-state index is -0.432. The molecule has 2 aromatic carbocycles. The summed E-state index contributed by atoms with van der Waals surface area (Å²) >= 11 is 0. The van der Waals surface area contributed by atoms with E-state index in [0.717, 1.165) is 12.0 Å². The zero-order valence-corrected chi connectivity index (χ0v) is 16.2. The van der Waals surface area contributed by atoms with Crippen LogP contribution in [0.1, 0.15) is 46.0 Å². The van der Waals surface area contributed by atoms with Gasteiger partial charge in [0.05, 0.1) is 0 Å². The lowest BCUT2D eigenvalue weighted by atomic mass is 10.1. The Balaban J connectivity index is 1.74. The Morgan fingerprint density at radius 3 is 2.57 bits per heavy atom. The fraction of sp³-hybridized carbons (Fsp3) is 0.318. The topological polar surface area (TPSA) is 78.5 Å². The standard InChI is InChI=1S/C22H25N3O3/c1-3-23-21(27)19-11-6-12-25(19)22(28)17-9-5-10-18(14-17)24-20(26)16-8-4-7-15(2)13-16/h4-5,7-10,13-14,19H,3,6,11-12H2,1-2H3,(H,23,27)(H,24,26)/t19-/m0/s1. The van der Waals surface area contributed by atoms with Crippen LogP contribution in [0.5, 0.6) is 0 Å². The fourth-order valence-corrected chi connectivity index (χ4v) is 3.46. The molecule has 146 valence electrons. The zero-order valence-electron chi connectivity index (χ0n) is 16.2. The van der Waals surface area contributed by atoms with Crippen LogP contribution in [0.25, 0.3) is 0 Å². The molecule has 1 fully saturated rings. The number of likely N-dealkylation sites (N-methyl/N-ethyl adjacent to an activating group) is 1. The molecule has 0 aliphatic carbocycles. The molecule has 1 atom stereocenters.